The molecule has 0 aromatic rings. The predicted octanol–water partition coefficient (Wildman–Crippen LogP) is 2.21. The average molecular weight is 257 g/mol. The molecule has 17 heavy (non-hydrogen) atoms. The third kappa shape index (κ3) is 8.79. The molecule has 2 atom stereocenters. The van der Waals surface area contributed by atoms with Crippen molar-refractivity contribution in [2.24, 2.45) is 0 Å². The van der Waals surface area contributed by atoms with E-state index in [0.717, 1.165) is 0 Å². The summed E-state index contributed by atoms with van der Waals surface area (Å²) in [7, 11) is 0. The van der Waals surface area contributed by atoms with Crippen LogP contribution in [0.5, 0.6) is 0 Å². The van der Waals surface area contributed by atoms with Crippen molar-refractivity contribution in [3.05, 3.63) is 0 Å². The van der Waals surface area contributed by atoms with E-state index in [4.69, 9.17) is 9.84 Å². The zero-order valence-corrected chi connectivity index (χ0v) is 10.3. The number of nitrogens with one attached hydrogen (secondary N) is 1. The molecule has 0 saturated heterocycles. The number of ether oxygens (including phenoxy) is 1. The second-order valence-corrected chi connectivity index (χ2v) is 4.81. The number of alkyl carbamates (subject to hydrolysis) is 1. The van der Waals surface area contributed by atoms with Crippen molar-refractivity contribution in [2.45, 2.75) is 58.0 Å². The minimum absolute atomic E-state index is 0.800. The molecular weight excluding hydrogens is 239 g/mol. The van der Waals surface area contributed by atoms with Gasteiger partial charge in [0.25, 0.3) is 0 Å². The predicted molar refractivity (Wildman–Crippen MR) is 55.5 cm³/mol. The number of amides is 1. The molecule has 0 aliphatic heterocycles. The van der Waals surface area contributed by atoms with Crippen molar-refractivity contribution in [1.29, 1.82) is 0 Å². The summed E-state index contributed by atoms with van der Waals surface area (Å²) in [6.07, 6.45) is -8.06. The second kappa shape index (κ2) is 5.57. The third-order valence-corrected chi connectivity index (χ3v) is 1.74. The van der Waals surface area contributed by atoms with Crippen LogP contribution in [0.3, 0.4) is 0 Å². The lowest BCUT2D eigenvalue weighted by molar-refractivity contribution is -0.145. The van der Waals surface area contributed by atoms with Crippen molar-refractivity contribution in [2.75, 3.05) is 0 Å². The highest BCUT2D eigenvalue weighted by Gasteiger charge is 2.35. The SMILES string of the molecule is CC(O)C(CC(F)(F)F)NC(=O)OC(C)(C)C. The molecule has 0 rings (SSSR count). The summed E-state index contributed by atoms with van der Waals surface area (Å²) in [6.45, 7) is 5.95. The van der Waals surface area contributed by atoms with Crippen molar-refractivity contribution in [1.82, 2.24) is 5.32 Å². The molecule has 0 fully saturated rings. The summed E-state index contributed by atoms with van der Waals surface area (Å²) in [5.74, 6) is 0. The van der Waals surface area contributed by atoms with Gasteiger partial charge in [0.2, 0.25) is 0 Å². The fourth-order valence-corrected chi connectivity index (χ4v) is 1.05. The average Bonchev–Trinajstić information content (AvgIpc) is 1.95. The Labute approximate surface area is 98.1 Å². The molecule has 0 bridgehead atoms. The van der Waals surface area contributed by atoms with Gasteiger partial charge in [0.05, 0.1) is 18.6 Å². The standard InChI is InChI=1S/C10H18F3NO3/c1-6(15)7(5-10(11,12)13)14-8(16)17-9(2,3)4/h6-7,15H,5H2,1-4H3,(H,14,16). The number of hydrogen-bond acceptors (Lipinski definition) is 3. The van der Waals surface area contributed by atoms with E-state index in [1.165, 1.54) is 6.92 Å². The van der Waals surface area contributed by atoms with Crippen LogP contribution in [0, 0.1) is 0 Å². The summed E-state index contributed by atoms with van der Waals surface area (Å²) < 4.78 is 41.3. The third-order valence-electron chi connectivity index (χ3n) is 1.74. The van der Waals surface area contributed by atoms with Crippen LogP contribution in [0.25, 0.3) is 0 Å². The van der Waals surface area contributed by atoms with Gasteiger partial charge < -0.3 is 15.2 Å². The molecule has 2 unspecified atom stereocenters. The number of alkyl halides is 3. The van der Waals surface area contributed by atoms with Gasteiger partial charge in [-0.05, 0) is 27.7 Å². The number of aliphatic hydroxyl groups excluding tert-OH is 1. The highest BCUT2D eigenvalue weighted by Crippen LogP contribution is 2.23. The second-order valence-electron chi connectivity index (χ2n) is 4.81. The normalized spacial score (nSPS) is 16.2. The lowest BCUT2D eigenvalue weighted by Crippen LogP contribution is -2.46. The maximum atomic E-state index is 12.2. The summed E-state index contributed by atoms with van der Waals surface area (Å²) in [5.41, 5.74) is -0.800. The molecule has 0 aliphatic carbocycles. The smallest absolute Gasteiger partial charge is 0.407 e. The molecule has 7 heteroatoms. The van der Waals surface area contributed by atoms with Gasteiger partial charge in [-0.15, -0.1) is 0 Å². The number of carbonyl (C=O) groups excluding carboxylic acids is 1. The fraction of sp³-hybridized carbons (Fsp3) is 0.900. The Morgan fingerprint density at radius 1 is 1.35 bits per heavy atom. The van der Waals surface area contributed by atoms with Crippen LogP contribution in [0.4, 0.5) is 18.0 Å². The van der Waals surface area contributed by atoms with E-state index in [0.29, 0.717) is 0 Å². The maximum Gasteiger partial charge on any atom is 0.407 e. The molecule has 0 radical (unpaired) electrons. The Hall–Kier alpha value is -0.980. The van der Waals surface area contributed by atoms with Gasteiger partial charge in [-0.25, -0.2) is 4.79 Å². The first kappa shape index (κ1) is 16.0. The summed E-state index contributed by atoms with van der Waals surface area (Å²) in [5, 5.41) is 11.2. The van der Waals surface area contributed by atoms with E-state index in [1.807, 2.05) is 5.32 Å². The molecule has 0 aromatic heterocycles. The molecule has 102 valence electrons. The zero-order valence-electron chi connectivity index (χ0n) is 10.3. The Balaban J connectivity index is 4.41. The quantitative estimate of drug-likeness (QED) is 0.815. The summed E-state index contributed by atoms with van der Waals surface area (Å²) in [4.78, 5) is 11.2. The Bertz CT molecular complexity index is 259. The van der Waals surface area contributed by atoms with Crippen LogP contribution in [-0.4, -0.2) is 35.1 Å². The number of rotatable bonds is 3. The molecule has 2 N–H and O–H groups in total. The van der Waals surface area contributed by atoms with Crippen LogP contribution < -0.4 is 5.32 Å². The van der Waals surface area contributed by atoms with Gasteiger partial charge >= 0.3 is 12.3 Å². The minimum atomic E-state index is -4.46. The summed E-state index contributed by atoms with van der Waals surface area (Å²) >= 11 is 0. The van der Waals surface area contributed by atoms with E-state index in [1.54, 1.807) is 20.8 Å². The number of hydrogen-bond donors (Lipinski definition) is 2. The lowest BCUT2D eigenvalue weighted by Gasteiger charge is -2.25. The molecule has 0 aliphatic rings. The van der Waals surface area contributed by atoms with Crippen LogP contribution in [0.15, 0.2) is 0 Å². The Morgan fingerprint density at radius 2 is 1.82 bits per heavy atom. The van der Waals surface area contributed by atoms with Gasteiger partial charge in [-0.2, -0.15) is 13.2 Å². The Morgan fingerprint density at radius 3 is 2.12 bits per heavy atom. The van der Waals surface area contributed by atoms with Crippen LogP contribution in [0.1, 0.15) is 34.1 Å². The van der Waals surface area contributed by atoms with E-state index >= 15 is 0 Å². The van der Waals surface area contributed by atoms with Crippen molar-refractivity contribution in [3.8, 4) is 0 Å². The number of halogens is 3. The number of carbonyl (C=O) groups is 1. The monoisotopic (exact) mass is 257 g/mol. The highest BCUT2D eigenvalue weighted by molar-refractivity contribution is 5.68. The molecule has 0 aromatic carbocycles. The van der Waals surface area contributed by atoms with Crippen molar-refractivity contribution < 1.29 is 27.8 Å². The molecular formula is C10H18F3NO3. The lowest BCUT2D eigenvalue weighted by atomic mass is 10.1. The van der Waals surface area contributed by atoms with Gasteiger partial charge in [0.1, 0.15) is 5.60 Å². The first-order valence-electron chi connectivity index (χ1n) is 5.15. The minimum Gasteiger partial charge on any atom is -0.444 e. The van der Waals surface area contributed by atoms with Gasteiger partial charge in [0.15, 0.2) is 0 Å². The van der Waals surface area contributed by atoms with Gasteiger partial charge in [-0.1, -0.05) is 0 Å². The van der Waals surface area contributed by atoms with Gasteiger partial charge in [0, 0.05) is 0 Å². The highest BCUT2D eigenvalue weighted by atomic mass is 19.4. The first-order valence-corrected chi connectivity index (χ1v) is 5.15. The van der Waals surface area contributed by atoms with Gasteiger partial charge in [-0.3, -0.25) is 0 Å². The molecule has 1 amide bonds. The van der Waals surface area contributed by atoms with Crippen LogP contribution in [-0.2, 0) is 4.74 Å². The largest absolute Gasteiger partial charge is 0.444 e. The molecule has 0 spiro atoms. The molecule has 4 nitrogen and oxygen atoms in total. The maximum absolute atomic E-state index is 12.2. The van der Waals surface area contributed by atoms with E-state index in [-0.39, 0.29) is 0 Å². The van der Waals surface area contributed by atoms with E-state index in [9.17, 15) is 18.0 Å². The molecule has 0 heterocycles. The summed E-state index contributed by atoms with van der Waals surface area (Å²) in [6, 6.07) is -1.41. The van der Waals surface area contributed by atoms with Crippen molar-refractivity contribution >= 4 is 6.09 Å². The fourth-order valence-electron chi connectivity index (χ4n) is 1.05. The topological polar surface area (TPSA) is 58.6 Å². The Kier molecular flexibility index (Phi) is 5.25. The molecule has 0 saturated carbocycles. The zero-order chi connectivity index (χ0) is 13.9. The van der Waals surface area contributed by atoms with E-state index in [2.05, 4.69) is 0 Å². The van der Waals surface area contributed by atoms with Crippen molar-refractivity contribution in [3.63, 3.8) is 0 Å². The van der Waals surface area contributed by atoms with Crippen LogP contribution in [0.2, 0.25) is 0 Å². The number of aliphatic hydroxyl groups is 1. The first-order chi connectivity index (χ1) is 7.41. The van der Waals surface area contributed by atoms with Crippen LogP contribution >= 0.6 is 0 Å². The van der Waals surface area contributed by atoms with E-state index < -0.39 is 36.4 Å².